The van der Waals surface area contributed by atoms with Crippen molar-refractivity contribution in [2.45, 2.75) is 20.3 Å². The summed E-state index contributed by atoms with van der Waals surface area (Å²) in [4.78, 5) is 11.4. The molecule has 0 saturated heterocycles. The minimum atomic E-state index is -0.434. The minimum absolute atomic E-state index is 0.214. The zero-order valence-electron chi connectivity index (χ0n) is 9.69. The summed E-state index contributed by atoms with van der Waals surface area (Å²) in [5.41, 5.74) is 7.88. The number of carbonyl (C=O) groups is 1. The van der Waals surface area contributed by atoms with Gasteiger partial charge in [0.05, 0.1) is 6.61 Å². The lowest BCUT2D eigenvalue weighted by molar-refractivity contribution is -0.138. The molecule has 0 atom stereocenters. The summed E-state index contributed by atoms with van der Waals surface area (Å²) in [6, 6.07) is 9.88. The molecule has 0 amide bonds. The molecule has 1 aromatic carbocycles. The van der Waals surface area contributed by atoms with Crippen molar-refractivity contribution < 1.29 is 9.53 Å². The molecule has 0 spiro atoms. The molecule has 2 N–H and O–H groups in total. The van der Waals surface area contributed by atoms with E-state index in [1.54, 1.807) is 6.92 Å². The van der Waals surface area contributed by atoms with Crippen molar-refractivity contribution >= 4 is 5.97 Å². The third kappa shape index (κ3) is 3.42. The molecule has 0 heterocycles. The molecule has 0 aromatic heterocycles. The van der Waals surface area contributed by atoms with E-state index in [1.165, 1.54) is 0 Å². The van der Waals surface area contributed by atoms with E-state index in [0.717, 1.165) is 11.1 Å². The number of rotatable bonds is 4. The lowest BCUT2D eigenvalue weighted by atomic mass is 10.1. The second-order valence-corrected chi connectivity index (χ2v) is 3.58. The van der Waals surface area contributed by atoms with E-state index in [1.807, 2.05) is 37.3 Å². The molecular formula is C13H17NO2. The van der Waals surface area contributed by atoms with Crippen molar-refractivity contribution in [2.75, 3.05) is 6.61 Å². The Morgan fingerprint density at radius 3 is 2.50 bits per heavy atom. The Bertz CT molecular complexity index is 382. The van der Waals surface area contributed by atoms with Crippen molar-refractivity contribution in [3.63, 3.8) is 0 Å². The maximum Gasteiger partial charge on any atom is 0.354 e. The number of hydrogen-bond donors (Lipinski definition) is 1. The summed E-state index contributed by atoms with van der Waals surface area (Å²) < 4.78 is 4.84. The Morgan fingerprint density at radius 1 is 1.31 bits per heavy atom. The maximum atomic E-state index is 11.4. The molecule has 0 aliphatic carbocycles. The van der Waals surface area contributed by atoms with Gasteiger partial charge in [0, 0.05) is 0 Å². The van der Waals surface area contributed by atoms with Gasteiger partial charge in [0.15, 0.2) is 0 Å². The summed E-state index contributed by atoms with van der Waals surface area (Å²) in [6.07, 6.45) is 0.672. The van der Waals surface area contributed by atoms with Crippen LogP contribution in [0.1, 0.15) is 19.4 Å². The van der Waals surface area contributed by atoms with Crippen LogP contribution < -0.4 is 5.73 Å². The first-order chi connectivity index (χ1) is 7.65. The summed E-state index contributed by atoms with van der Waals surface area (Å²) in [7, 11) is 0. The number of carbonyl (C=O) groups excluding carboxylic acids is 1. The predicted molar refractivity (Wildman–Crippen MR) is 63.7 cm³/mol. The third-order valence-electron chi connectivity index (χ3n) is 2.27. The van der Waals surface area contributed by atoms with Crippen LogP contribution in [-0.4, -0.2) is 12.6 Å². The predicted octanol–water partition coefficient (Wildman–Crippen LogP) is 2.02. The van der Waals surface area contributed by atoms with Crippen LogP contribution in [0.3, 0.4) is 0 Å². The van der Waals surface area contributed by atoms with E-state index in [9.17, 15) is 4.79 Å². The molecule has 3 nitrogen and oxygen atoms in total. The summed E-state index contributed by atoms with van der Waals surface area (Å²) in [6.45, 7) is 3.95. The van der Waals surface area contributed by atoms with Crippen LogP contribution >= 0.6 is 0 Å². The fourth-order valence-corrected chi connectivity index (χ4v) is 1.38. The van der Waals surface area contributed by atoms with Gasteiger partial charge in [-0.25, -0.2) is 4.79 Å². The lowest BCUT2D eigenvalue weighted by Crippen LogP contribution is -2.17. The van der Waals surface area contributed by atoms with Gasteiger partial charge in [-0.15, -0.1) is 0 Å². The first-order valence-corrected chi connectivity index (χ1v) is 5.31. The van der Waals surface area contributed by atoms with Gasteiger partial charge in [-0.05, 0) is 31.4 Å². The van der Waals surface area contributed by atoms with Gasteiger partial charge in [-0.3, -0.25) is 0 Å². The number of ether oxygens (including phenoxy) is 1. The molecule has 1 rings (SSSR count). The number of benzene rings is 1. The molecule has 3 heteroatoms. The van der Waals surface area contributed by atoms with E-state index in [4.69, 9.17) is 10.5 Å². The summed E-state index contributed by atoms with van der Waals surface area (Å²) in [5.74, 6) is -0.434. The van der Waals surface area contributed by atoms with Gasteiger partial charge in [0.25, 0.3) is 0 Å². The van der Waals surface area contributed by atoms with Gasteiger partial charge >= 0.3 is 5.97 Å². The maximum absolute atomic E-state index is 11.4. The molecule has 0 radical (unpaired) electrons. The van der Waals surface area contributed by atoms with E-state index < -0.39 is 5.97 Å². The highest BCUT2D eigenvalue weighted by atomic mass is 16.5. The van der Waals surface area contributed by atoms with Crippen LogP contribution in [0, 0.1) is 0 Å². The highest BCUT2D eigenvalue weighted by Gasteiger charge is 2.09. The molecular weight excluding hydrogens is 202 g/mol. The zero-order chi connectivity index (χ0) is 12.0. The average molecular weight is 219 g/mol. The van der Waals surface area contributed by atoms with Crippen LogP contribution in [-0.2, 0) is 16.0 Å². The van der Waals surface area contributed by atoms with Crippen LogP contribution in [0.2, 0.25) is 0 Å². The number of esters is 1. The van der Waals surface area contributed by atoms with Gasteiger partial charge in [0.2, 0.25) is 0 Å². The summed E-state index contributed by atoms with van der Waals surface area (Å²) in [5, 5.41) is 0. The quantitative estimate of drug-likeness (QED) is 0.622. The smallest absolute Gasteiger partial charge is 0.354 e. The standard InChI is InChI=1S/C13H17NO2/c1-3-16-13(15)12(14)10(2)9-11-7-5-4-6-8-11/h4-8H,3,9,14H2,1-2H3/b12-10+. The van der Waals surface area contributed by atoms with Crippen molar-refractivity contribution in [3.05, 3.63) is 47.2 Å². The van der Waals surface area contributed by atoms with Crippen molar-refractivity contribution in [2.24, 2.45) is 5.73 Å². The van der Waals surface area contributed by atoms with Gasteiger partial charge in [-0.1, -0.05) is 30.3 Å². The number of allylic oxidation sites excluding steroid dienone is 1. The topological polar surface area (TPSA) is 52.3 Å². The van der Waals surface area contributed by atoms with Crippen LogP contribution in [0.4, 0.5) is 0 Å². The van der Waals surface area contributed by atoms with Gasteiger partial charge < -0.3 is 10.5 Å². The van der Waals surface area contributed by atoms with Crippen LogP contribution in [0.15, 0.2) is 41.6 Å². The molecule has 16 heavy (non-hydrogen) atoms. The monoisotopic (exact) mass is 219 g/mol. The van der Waals surface area contributed by atoms with Gasteiger partial charge in [-0.2, -0.15) is 0 Å². The van der Waals surface area contributed by atoms with E-state index in [2.05, 4.69) is 0 Å². The third-order valence-corrected chi connectivity index (χ3v) is 2.27. The second-order valence-electron chi connectivity index (χ2n) is 3.58. The molecule has 0 bridgehead atoms. The normalized spacial score (nSPS) is 11.9. The zero-order valence-corrected chi connectivity index (χ0v) is 9.69. The molecule has 86 valence electrons. The highest BCUT2D eigenvalue weighted by molar-refractivity contribution is 5.88. The summed E-state index contributed by atoms with van der Waals surface area (Å²) >= 11 is 0. The first kappa shape index (κ1) is 12.3. The first-order valence-electron chi connectivity index (χ1n) is 5.31. The number of nitrogens with two attached hydrogens (primary N) is 1. The molecule has 1 aromatic rings. The van der Waals surface area contributed by atoms with Crippen molar-refractivity contribution in [1.29, 1.82) is 0 Å². The average Bonchev–Trinajstić information content (AvgIpc) is 2.29. The van der Waals surface area contributed by atoms with E-state index >= 15 is 0 Å². The highest BCUT2D eigenvalue weighted by Crippen LogP contribution is 2.09. The molecule has 0 saturated carbocycles. The fourth-order valence-electron chi connectivity index (χ4n) is 1.38. The molecule has 0 unspecified atom stereocenters. The van der Waals surface area contributed by atoms with Crippen molar-refractivity contribution in [3.8, 4) is 0 Å². The van der Waals surface area contributed by atoms with Crippen LogP contribution in [0.25, 0.3) is 0 Å². The Morgan fingerprint density at radius 2 is 1.94 bits per heavy atom. The number of hydrogen-bond acceptors (Lipinski definition) is 3. The van der Waals surface area contributed by atoms with Crippen LogP contribution in [0.5, 0.6) is 0 Å². The van der Waals surface area contributed by atoms with E-state index in [-0.39, 0.29) is 5.70 Å². The SMILES string of the molecule is CCOC(=O)/C(N)=C(/C)Cc1ccccc1. The Balaban J connectivity index is 2.73. The van der Waals surface area contributed by atoms with Crippen molar-refractivity contribution in [1.82, 2.24) is 0 Å². The molecule has 0 fully saturated rings. The second kappa shape index (κ2) is 5.95. The lowest BCUT2D eigenvalue weighted by Gasteiger charge is -2.07. The Labute approximate surface area is 95.9 Å². The van der Waals surface area contributed by atoms with Gasteiger partial charge in [0.1, 0.15) is 5.70 Å². The minimum Gasteiger partial charge on any atom is -0.461 e. The van der Waals surface area contributed by atoms with E-state index in [0.29, 0.717) is 13.0 Å². The molecule has 0 aliphatic heterocycles. The molecule has 0 aliphatic rings. The largest absolute Gasteiger partial charge is 0.461 e. The Hall–Kier alpha value is -1.77. The fraction of sp³-hybridized carbons (Fsp3) is 0.308. The Kier molecular flexibility index (Phi) is 4.58.